The molecule has 0 unspecified atom stereocenters. The van der Waals surface area contributed by atoms with Crippen molar-refractivity contribution < 1.29 is 26.5 Å². The van der Waals surface area contributed by atoms with E-state index in [4.69, 9.17) is 9.47 Å². The number of ether oxygens (including phenoxy) is 2. The maximum atomic E-state index is 13.3. The molecule has 0 saturated heterocycles. The van der Waals surface area contributed by atoms with Gasteiger partial charge in [0.25, 0.3) is 10.1 Å². The first kappa shape index (κ1) is 12.3. The lowest BCUT2D eigenvalue weighted by atomic mass is 10.1. The van der Waals surface area contributed by atoms with Crippen molar-refractivity contribution in [3.8, 4) is 5.75 Å². The third-order valence-electron chi connectivity index (χ3n) is 2.18. The van der Waals surface area contributed by atoms with Gasteiger partial charge < -0.3 is 9.47 Å². The Bertz CT molecular complexity index is 526. The molecule has 0 aliphatic carbocycles. The summed E-state index contributed by atoms with van der Waals surface area (Å²) in [5.74, 6) is -0.0498. The average Bonchev–Trinajstić information content (AvgIpc) is 2.24. The Morgan fingerprint density at radius 3 is 2.94 bits per heavy atom. The van der Waals surface area contributed by atoms with Crippen molar-refractivity contribution >= 4 is 10.1 Å². The molecular formula is C10H11FO5S. The van der Waals surface area contributed by atoms with Gasteiger partial charge in [0.2, 0.25) is 0 Å². The number of halogens is 1. The Labute approximate surface area is 98.2 Å². The largest absolute Gasteiger partial charge is 0.467 e. The highest BCUT2D eigenvalue weighted by molar-refractivity contribution is 7.85. The Balaban J connectivity index is 2.29. The van der Waals surface area contributed by atoms with Gasteiger partial charge in [-0.15, -0.1) is 0 Å². The van der Waals surface area contributed by atoms with Gasteiger partial charge in [0.05, 0.1) is 19.5 Å². The quantitative estimate of drug-likeness (QED) is 0.765. The van der Waals surface area contributed by atoms with Crippen LogP contribution in [0.4, 0.5) is 4.39 Å². The molecule has 1 aromatic carbocycles. The zero-order valence-corrected chi connectivity index (χ0v) is 9.92. The van der Waals surface area contributed by atoms with Crippen LogP contribution in [-0.4, -0.2) is 21.5 Å². The summed E-state index contributed by atoms with van der Waals surface area (Å²) in [6.45, 7) is 0.0440. The molecule has 1 heterocycles. The van der Waals surface area contributed by atoms with Gasteiger partial charge in [-0.25, -0.2) is 4.39 Å². The van der Waals surface area contributed by atoms with Gasteiger partial charge in [0.1, 0.15) is 11.6 Å². The van der Waals surface area contributed by atoms with Crippen molar-refractivity contribution in [1.82, 2.24) is 0 Å². The zero-order valence-electron chi connectivity index (χ0n) is 9.10. The minimum atomic E-state index is -3.57. The smallest absolute Gasteiger partial charge is 0.264 e. The predicted molar refractivity (Wildman–Crippen MR) is 56.3 cm³/mol. The molecule has 0 bridgehead atoms. The van der Waals surface area contributed by atoms with E-state index in [1.54, 1.807) is 0 Å². The molecule has 1 aromatic rings. The molecular weight excluding hydrogens is 251 g/mol. The first-order valence-electron chi connectivity index (χ1n) is 4.82. The van der Waals surface area contributed by atoms with Crippen molar-refractivity contribution in [2.75, 3.05) is 13.0 Å². The minimum absolute atomic E-state index is 0.0600. The second-order valence-corrected chi connectivity index (χ2v) is 5.27. The molecule has 1 aliphatic rings. The summed E-state index contributed by atoms with van der Waals surface area (Å²) in [5.41, 5.74) is 0.900. The lowest BCUT2D eigenvalue weighted by Gasteiger charge is -2.20. The third-order valence-corrected chi connectivity index (χ3v) is 2.73. The summed E-state index contributed by atoms with van der Waals surface area (Å²) in [6, 6.07) is 2.48. The topological polar surface area (TPSA) is 61.8 Å². The number of hydrogen-bond donors (Lipinski definition) is 0. The van der Waals surface area contributed by atoms with Gasteiger partial charge in [0, 0.05) is 11.1 Å². The molecule has 17 heavy (non-hydrogen) atoms. The van der Waals surface area contributed by atoms with Crippen LogP contribution < -0.4 is 4.74 Å². The second kappa shape index (κ2) is 4.59. The van der Waals surface area contributed by atoms with E-state index in [0.717, 1.165) is 6.26 Å². The van der Waals surface area contributed by atoms with Crippen LogP contribution in [0.1, 0.15) is 11.1 Å². The lowest BCUT2D eigenvalue weighted by Crippen LogP contribution is -2.14. The monoisotopic (exact) mass is 262 g/mol. The molecule has 0 fully saturated rings. The van der Waals surface area contributed by atoms with E-state index in [-0.39, 0.29) is 20.0 Å². The van der Waals surface area contributed by atoms with Crippen molar-refractivity contribution in [3.63, 3.8) is 0 Å². The molecule has 0 aromatic heterocycles. The summed E-state index contributed by atoms with van der Waals surface area (Å²) in [6.07, 6.45) is 0.933. The standard InChI is InChI=1S/C10H11FO5S/c1-17(12,13)16-5-8-3-9(11)2-7-4-14-6-15-10(7)8/h2-3H,4-6H2,1H3. The van der Waals surface area contributed by atoms with Crippen molar-refractivity contribution in [3.05, 3.63) is 29.1 Å². The first-order chi connectivity index (χ1) is 7.96. The van der Waals surface area contributed by atoms with E-state index in [9.17, 15) is 12.8 Å². The number of fused-ring (bicyclic) bond motifs is 1. The maximum Gasteiger partial charge on any atom is 0.264 e. The lowest BCUT2D eigenvalue weighted by molar-refractivity contribution is -0.0177. The van der Waals surface area contributed by atoms with Crippen LogP contribution in [0.3, 0.4) is 0 Å². The normalized spacial score (nSPS) is 15.2. The van der Waals surface area contributed by atoms with Crippen molar-refractivity contribution in [2.45, 2.75) is 13.2 Å². The van der Waals surface area contributed by atoms with Crippen LogP contribution in [0.15, 0.2) is 12.1 Å². The Morgan fingerprint density at radius 1 is 1.47 bits per heavy atom. The van der Waals surface area contributed by atoms with Gasteiger partial charge in [0.15, 0.2) is 6.79 Å². The molecule has 0 saturated carbocycles. The van der Waals surface area contributed by atoms with Crippen LogP contribution in [0, 0.1) is 5.82 Å². The Morgan fingerprint density at radius 2 is 2.24 bits per heavy atom. The highest BCUT2D eigenvalue weighted by atomic mass is 32.2. The molecule has 1 aliphatic heterocycles. The molecule has 0 atom stereocenters. The van der Waals surface area contributed by atoms with Crippen LogP contribution in [0.25, 0.3) is 0 Å². The molecule has 7 heteroatoms. The first-order valence-corrected chi connectivity index (χ1v) is 6.63. The van der Waals surface area contributed by atoms with Crippen LogP contribution >= 0.6 is 0 Å². The van der Waals surface area contributed by atoms with Gasteiger partial charge in [-0.05, 0) is 12.1 Å². The van der Waals surface area contributed by atoms with Crippen LogP contribution in [0.5, 0.6) is 5.75 Å². The molecule has 94 valence electrons. The van der Waals surface area contributed by atoms with E-state index >= 15 is 0 Å². The third kappa shape index (κ3) is 3.15. The molecule has 0 spiro atoms. The fourth-order valence-electron chi connectivity index (χ4n) is 1.53. The summed E-state index contributed by atoms with van der Waals surface area (Å²) in [5, 5.41) is 0. The SMILES string of the molecule is CS(=O)(=O)OCc1cc(F)cc2c1OCOC2. The predicted octanol–water partition coefficient (Wildman–Crippen LogP) is 1.17. The zero-order chi connectivity index (χ0) is 12.5. The summed E-state index contributed by atoms with van der Waals surface area (Å²) < 4.78 is 49.8. The summed E-state index contributed by atoms with van der Waals surface area (Å²) >= 11 is 0. The van der Waals surface area contributed by atoms with Gasteiger partial charge >= 0.3 is 0 Å². The van der Waals surface area contributed by atoms with E-state index in [1.807, 2.05) is 0 Å². The minimum Gasteiger partial charge on any atom is -0.467 e. The highest BCUT2D eigenvalue weighted by Gasteiger charge is 2.18. The second-order valence-electron chi connectivity index (χ2n) is 3.63. The Kier molecular flexibility index (Phi) is 3.32. The maximum absolute atomic E-state index is 13.3. The van der Waals surface area contributed by atoms with E-state index in [2.05, 4.69) is 4.18 Å². The van der Waals surface area contributed by atoms with Gasteiger partial charge in [-0.1, -0.05) is 0 Å². The fraction of sp³-hybridized carbons (Fsp3) is 0.400. The number of rotatable bonds is 3. The summed E-state index contributed by atoms with van der Waals surface area (Å²) in [7, 11) is -3.57. The highest BCUT2D eigenvalue weighted by Crippen LogP contribution is 2.30. The molecule has 5 nitrogen and oxygen atoms in total. The average molecular weight is 262 g/mol. The van der Waals surface area contributed by atoms with Crippen LogP contribution in [-0.2, 0) is 32.3 Å². The van der Waals surface area contributed by atoms with E-state index in [0.29, 0.717) is 16.9 Å². The van der Waals surface area contributed by atoms with Crippen molar-refractivity contribution in [2.24, 2.45) is 0 Å². The van der Waals surface area contributed by atoms with Gasteiger partial charge in [-0.2, -0.15) is 8.42 Å². The molecule has 2 rings (SSSR count). The van der Waals surface area contributed by atoms with E-state index in [1.165, 1.54) is 12.1 Å². The van der Waals surface area contributed by atoms with E-state index < -0.39 is 15.9 Å². The Hall–Kier alpha value is -1.18. The number of hydrogen-bond acceptors (Lipinski definition) is 5. The van der Waals surface area contributed by atoms with Crippen molar-refractivity contribution in [1.29, 1.82) is 0 Å². The number of benzene rings is 1. The van der Waals surface area contributed by atoms with Gasteiger partial charge in [-0.3, -0.25) is 4.18 Å². The fourth-order valence-corrected chi connectivity index (χ4v) is 1.88. The molecule has 0 radical (unpaired) electrons. The van der Waals surface area contributed by atoms with Crippen LogP contribution in [0.2, 0.25) is 0 Å². The summed E-state index contributed by atoms with van der Waals surface area (Å²) in [4.78, 5) is 0. The molecule has 0 N–H and O–H groups in total. The molecule has 0 amide bonds.